The molecular formula is C13H21N3O9S. The molecule has 0 aliphatic carbocycles. The van der Waals surface area contributed by atoms with Gasteiger partial charge in [0.2, 0.25) is 17.6 Å². The molecule has 2 unspecified atom stereocenters. The molecule has 0 saturated carbocycles. The van der Waals surface area contributed by atoms with Gasteiger partial charge in [0.05, 0.1) is 0 Å². The Labute approximate surface area is 153 Å². The fourth-order valence-electron chi connectivity index (χ4n) is 1.16. The summed E-state index contributed by atoms with van der Waals surface area (Å²) in [4.78, 5) is 62.6. The number of amides is 2. The van der Waals surface area contributed by atoms with Crippen LogP contribution in [0, 0.1) is 0 Å². The van der Waals surface area contributed by atoms with E-state index in [0.29, 0.717) is 0 Å². The van der Waals surface area contributed by atoms with Gasteiger partial charge in [-0.2, -0.15) is 12.6 Å². The molecule has 148 valence electrons. The van der Waals surface area contributed by atoms with Crippen molar-refractivity contribution in [1.29, 1.82) is 0 Å². The maximum absolute atomic E-state index is 11.5. The van der Waals surface area contributed by atoms with Crippen molar-refractivity contribution in [3.05, 3.63) is 0 Å². The summed E-state index contributed by atoms with van der Waals surface area (Å²) in [6.45, 7) is 0.436. The van der Waals surface area contributed by atoms with Gasteiger partial charge >= 0.3 is 17.9 Å². The van der Waals surface area contributed by atoms with Crippen LogP contribution in [0.2, 0.25) is 0 Å². The van der Waals surface area contributed by atoms with Crippen LogP contribution in [-0.2, 0) is 28.8 Å². The number of carboxylic acid groups (broad SMARTS) is 3. The minimum absolute atomic E-state index is 0.0256. The van der Waals surface area contributed by atoms with E-state index in [0.717, 1.165) is 6.92 Å². The summed E-state index contributed by atoms with van der Waals surface area (Å²) in [5, 5.41) is 29.0. The molecule has 0 fully saturated rings. The molecule has 0 heterocycles. The zero-order valence-corrected chi connectivity index (χ0v) is 14.7. The van der Waals surface area contributed by atoms with Gasteiger partial charge in [-0.25, -0.2) is 4.79 Å². The molecule has 0 aliphatic rings. The molecule has 0 rings (SSSR count). The van der Waals surface area contributed by atoms with Gasteiger partial charge in [0.1, 0.15) is 18.6 Å². The topological polar surface area (TPSA) is 213 Å². The van der Waals surface area contributed by atoms with E-state index in [1.807, 2.05) is 0 Å². The van der Waals surface area contributed by atoms with E-state index < -0.39 is 54.1 Å². The SMILES string of the molecule is CC(=O)C(=O)O.NC(CCC(=O)NC(CS)C(=O)NCC(=O)O)C(=O)O. The molecule has 7 N–H and O–H groups in total. The Hall–Kier alpha value is -2.67. The zero-order valence-electron chi connectivity index (χ0n) is 13.8. The zero-order chi connectivity index (χ0) is 20.9. The standard InChI is InChI=1S/C10H17N3O6S.C3H4O3/c11-5(10(18)19)1-2-7(14)13-6(4-20)9(17)12-3-8(15)16;1-2(4)3(5)6/h5-6,20H,1-4,11H2,(H,12,17)(H,13,14)(H,15,16)(H,18,19);1H3,(H,5,6). The maximum Gasteiger partial charge on any atom is 0.371 e. The van der Waals surface area contributed by atoms with E-state index in [1.165, 1.54) is 0 Å². The van der Waals surface area contributed by atoms with Crippen LogP contribution in [0.3, 0.4) is 0 Å². The monoisotopic (exact) mass is 395 g/mol. The first-order valence-corrected chi connectivity index (χ1v) is 7.67. The lowest BCUT2D eigenvalue weighted by Gasteiger charge is -2.16. The molecule has 26 heavy (non-hydrogen) atoms. The fraction of sp³-hybridized carbons (Fsp3) is 0.538. The predicted molar refractivity (Wildman–Crippen MR) is 89.6 cm³/mol. The lowest BCUT2D eigenvalue weighted by atomic mass is 10.1. The van der Waals surface area contributed by atoms with E-state index >= 15 is 0 Å². The summed E-state index contributed by atoms with van der Waals surface area (Å²) in [5.41, 5.74) is 5.23. The minimum atomic E-state index is -1.38. The number of hydrogen-bond donors (Lipinski definition) is 7. The number of Topliss-reactive ketones (excluding diaryl/α,β-unsaturated/α-hetero) is 1. The van der Waals surface area contributed by atoms with Gasteiger partial charge < -0.3 is 31.7 Å². The molecule has 2 atom stereocenters. The van der Waals surface area contributed by atoms with E-state index in [-0.39, 0.29) is 18.6 Å². The molecule has 0 bridgehead atoms. The molecule has 0 spiro atoms. The second-order valence-electron chi connectivity index (χ2n) is 4.76. The third kappa shape index (κ3) is 13.7. The van der Waals surface area contributed by atoms with Crippen molar-refractivity contribution in [2.75, 3.05) is 12.3 Å². The molecule has 0 radical (unpaired) electrons. The van der Waals surface area contributed by atoms with Crippen molar-refractivity contribution < 1.29 is 44.1 Å². The average Bonchev–Trinajstić information content (AvgIpc) is 2.55. The Morgan fingerprint density at radius 1 is 1.08 bits per heavy atom. The summed E-state index contributed by atoms with van der Waals surface area (Å²) in [6.07, 6.45) is -0.235. The number of nitrogens with two attached hydrogens (primary N) is 1. The molecule has 12 nitrogen and oxygen atoms in total. The van der Waals surface area contributed by atoms with Gasteiger partial charge in [0, 0.05) is 19.1 Å². The maximum atomic E-state index is 11.5. The number of aliphatic carboxylic acids is 3. The predicted octanol–water partition coefficient (Wildman–Crippen LogP) is -2.55. The third-order valence-electron chi connectivity index (χ3n) is 2.55. The molecule has 0 aromatic heterocycles. The number of carbonyl (C=O) groups excluding carboxylic acids is 3. The summed E-state index contributed by atoms with van der Waals surface area (Å²) in [7, 11) is 0. The van der Waals surface area contributed by atoms with Crippen molar-refractivity contribution in [3.8, 4) is 0 Å². The molecule has 0 aliphatic heterocycles. The van der Waals surface area contributed by atoms with Gasteiger partial charge in [-0.15, -0.1) is 0 Å². The van der Waals surface area contributed by atoms with Gasteiger partial charge in [0.15, 0.2) is 0 Å². The van der Waals surface area contributed by atoms with Crippen molar-refractivity contribution in [3.63, 3.8) is 0 Å². The third-order valence-corrected chi connectivity index (χ3v) is 2.91. The van der Waals surface area contributed by atoms with Crippen LogP contribution in [0.5, 0.6) is 0 Å². The van der Waals surface area contributed by atoms with Gasteiger partial charge in [-0.1, -0.05) is 0 Å². The van der Waals surface area contributed by atoms with E-state index in [1.54, 1.807) is 0 Å². The normalized spacial score (nSPS) is 11.8. The van der Waals surface area contributed by atoms with Crippen molar-refractivity contribution in [1.82, 2.24) is 10.6 Å². The number of carbonyl (C=O) groups is 6. The van der Waals surface area contributed by atoms with Crippen LogP contribution in [0.25, 0.3) is 0 Å². The second-order valence-corrected chi connectivity index (χ2v) is 5.12. The summed E-state index contributed by atoms with van der Waals surface area (Å²) in [6, 6.07) is -2.15. The number of nitrogens with one attached hydrogen (secondary N) is 2. The Morgan fingerprint density at radius 2 is 1.58 bits per heavy atom. The fourth-order valence-corrected chi connectivity index (χ4v) is 1.41. The first-order chi connectivity index (χ1) is 11.9. The highest BCUT2D eigenvalue weighted by atomic mass is 32.1. The number of rotatable bonds is 10. The smallest absolute Gasteiger partial charge is 0.371 e. The lowest BCUT2D eigenvalue weighted by Crippen LogP contribution is -2.49. The van der Waals surface area contributed by atoms with Crippen LogP contribution < -0.4 is 16.4 Å². The minimum Gasteiger partial charge on any atom is -0.480 e. The summed E-state index contributed by atoms with van der Waals surface area (Å²) in [5.74, 6) is -5.91. The molecule has 13 heteroatoms. The number of hydrogen-bond acceptors (Lipinski definition) is 8. The lowest BCUT2D eigenvalue weighted by molar-refractivity contribution is -0.148. The Bertz CT molecular complexity index is 541. The van der Waals surface area contributed by atoms with Crippen molar-refractivity contribution in [2.45, 2.75) is 31.8 Å². The van der Waals surface area contributed by atoms with Crippen molar-refractivity contribution >= 4 is 48.1 Å². The van der Waals surface area contributed by atoms with Gasteiger partial charge in [0.25, 0.3) is 0 Å². The summed E-state index contributed by atoms with van der Waals surface area (Å²) >= 11 is 3.87. The van der Waals surface area contributed by atoms with Crippen LogP contribution in [0.15, 0.2) is 0 Å². The Morgan fingerprint density at radius 3 is 1.92 bits per heavy atom. The highest BCUT2D eigenvalue weighted by molar-refractivity contribution is 7.80. The molecule has 0 aromatic rings. The second kappa shape index (κ2) is 13.6. The number of ketones is 1. The molecule has 2 amide bonds. The van der Waals surface area contributed by atoms with E-state index in [2.05, 4.69) is 23.3 Å². The van der Waals surface area contributed by atoms with Crippen LogP contribution in [-0.4, -0.2) is 75.2 Å². The van der Waals surface area contributed by atoms with Crippen LogP contribution in [0.4, 0.5) is 0 Å². The Kier molecular flexibility index (Phi) is 13.4. The molecular weight excluding hydrogens is 374 g/mol. The van der Waals surface area contributed by atoms with Crippen LogP contribution in [0.1, 0.15) is 19.8 Å². The summed E-state index contributed by atoms with van der Waals surface area (Å²) < 4.78 is 0. The first kappa shape index (κ1) is 25.6. The Balaban J connectivity index is 0. The van der Waals surface area contributed by atoms with E-state index in [4.69, 9.17) is 21.1 Å². The largest absolute Gasteiger partial charge is 0.480 e. The highest BCUT2D eigenvalue weighted by Crippen LogP contribution is 1.97. The molecule has 0 aromatic carbocycles. The van der Waals surface area contributed by atoms with Gasteiger partial charge in [-0.3, -0.25) is 24.0 Å². The highest BCUT2D eigenvalue weighted by Gasteiger charge is 2.20. The van der Waals surface area contributed by atoms with E-state index in [9.17, 15) is 28.8 Å². The molecule has 0 saturated heterocycles. The van der Waals surface area contributed by atoms with Gasteiger partial charge in [-0.05, 0) is 6.42 Å². The first-order valence-electron chi connectivity index (χ1n) is 7.04. The van der Waals surface area contributed by atoms with Crippen molar-refractivity contribution in [2.24, 2.45) is 5.73 Å². The van der Waals surface area contributed by atoms with Crippen LogP contribution >= 0.6 is 12.6 Å². The average molecular weight is 395 g/mol. The number of thiol groups is 1. The quantitative estimate of drug-likeness (QED) is 0.152. The number of carboxylic acids is 3.